The van der Waals surface area contributed by atoms with Crippen molar-refractivity contribution in [3.8, 4) is 17.0 Å². The third-order valence-electron chi connectivity index (χ3n) is 5.03. The molecule has 5 rings (SSSR count). The van der Waals surface area contributed by atoms with Gasteiger partial charge < -0.3 is 4.74 Å². The second kappa shape index (κ2) is 7.38. The van der Waals surface area contributed by atoms with Gasteiger partial charge in [0.15, 0.2) is 5.82 Å². The fourth-order valence-electron chi connectivity index (χ4n) is 3.56. The van der Waals surface area contributed by atoms with Gasteiger partial charge in [0.1, 0.15) is 12.4 Å². The van der Waals surface area contributed by atoms with Crippen LogP contribution in [0.15, 0.2) is 58.7 Å². The molecular weight excluding hydrogens is 398 g/mol. The lowest BCUT2D eigenvalue weighted by atomic mass is 10.2. The van der Waals surface area contributed by atoms with Gasteiger partial charge in [-0.1, -0.05) is 12.1 Å². The summed E-state index contributed by atoms with van der Waals surface area (Å²) < 4.78 is 9.50. The summed E-state index contributed by atoms with van der Waals surface area (Å²) in [4.78, 5) is 17.3. The Hall–Kier alpha value is -3.52. The molecule has 150 valence electrons. The molecule has 5 aromatic rings. The number of rotatable bonds is 5. The first-order chi connectivity index (χ1) is 14.7. The van der Waals surface area contributed by atoms with Crippen LogP contribution in [0.1, 0.15) is 17.8 Å². The number of para-hydroxylation sites is 1. The molecule has 2 aromatic carbocycles. The number of fused-ring (bicyclic) bond motifs is 3. The molecule has 0 saturated heterocycles. The third kappa shape index (κ3) is 3.05. The Labute approximate surface area is 176 Å². The first-order valence-corrected chi connectivity index (χ1v) is 10.5. The normalized spacial score (nSPS) is 11.4. The Kier molecular flexibility index (Phi) is 4.55. The van der Waals surface area contributed by atoms with Crippen LogP contribution in [0.4, 0.5) is 0 Å². The van der Waals surface area contributed by atoms with Crippen LogP contribution in [-0.2, 0) is 13.2 Å². The molecule has 3 aromatic heterocycles. The Bertz CT molecular complexity index is 1420. The molecule has 0 amide bonds. The van der Waals surface area contributed by atoms with Crippen molar-refractivity contribution in [3.63, 3.8) is 0 Å². The topological polar surface area (TPSA) is 74.3 Å². The lowest BCUT2D eigenvalue weighted by Crippen LogP contribution is -2.22. The molecule has 0 aliphatic carbocycles. The zero-order valence-electron chi connectivity index (χ0n) is 16.6. The summed E-state index contributed by atoms with van der Waals surface area (Å²) in [6.45, 7) is 4.68. The number of nitrogens with zero attached hydrogens (tertiary/aromatic N) is 5. The van der Waals surface area contributed by atoms with Crippen molar-refractivity contribution in [2.45, 2.75) is 27.0 Å². The highest BCUT2D eigenvalue weighted by Crippen LogP contribution is 2.24. The summed E-state index contributed by atoms with van der Waals surface area (Å²) >= 11 is 1.63. The molecule has 0 radical (unpaired) electrons. The summed E-state index contributed by atoms with van der Waals surface area (Å²) in [6, 6.07) is 15.3. The van der Waals surface area contributed by atoms with Gasteiger partial charge >= 0.3 is 0 Å². The average molecular weight is 417 g/mol. The molecule has 0 aliphatic heterocycles. The van der Waals surface area contributed by atoms with Crippen molar-refractivity contribution in [1.29, 1.82) is 0 Å². The van der Waals surface area contributed by atoms with Crippen molar-refractivity contribution < 1.29 is 4.74 Å². The van der Waals surface area contributed by atoms with Gasteiger partial charge in [-0.25, -0.2) is 4.98 Å². The van der Waals surface area contributed by atoms with Crippen molar-refractivity contribution in [2.75, 3.05) is 0 Å². The van der Waals surface area contributed by atoms with Crippen LogP contribution in [0.25, 0.3) is 27.9 Å². The lowest BCUT2D eigenvalue weighted by molar-refractivity contribution is 0.295. The highest BCUT2D eigenvalue weighted by molar-refractivity contribution is 7.09. The number of thiazole rings is 1. The molecule has 0 spiro atoms. The molecule has 8 heteroatoms. The molecule has 7 nitrogen and oxygen atoms in total. The monoisotopic (exact) mass is 417 g/mol. The second-order valence-electron chi connectivity index (χ2n) is 6.88. The Morgan fingerprint density at radius 3 is 2.60 bits per heavy atom. The van der Waals surface area contributed by atoms with Gasteiger partial charge in [0.05, 0.1) is 21.6 Å². The minimum Gasteiger partial charge on any atom is -0.486 e. The summed E-state index contributed by atoms with van der Waals surface area (Å²) in [6.07, 6.45) is 0. The van der Waals surface area contributed by atoms with Crippen LogP contribution < -0.4 is 10.3 Å². The fourth-order valence-corrected chi connectivity index (χ4v) is 4.18. The maximum absolute atomic E-state index is 12.8. The summed E-state index contributed by atoms with van der Waals surface area (Å²) in [5.74, 6) is 1.90. The maximum atomic E-state index is 12.8. The Balaban J connectivity index is 1.48. The zero-order chi connectivity index (χ0) is 20.7. The van der Waals surface area contributed by atoms with Crippen LogP contribution in [0.3, 0.4) is 0 Å². The highest BCUT2D eigenvalue weighted by atomic mass is 32.1. The fraction of sp³-hybridized carbons (Fsp3) is 0.182. The van der Waals surface area contributed by atoms with Crippen LogP contribution in [0.5, 0.6) is 5.75 Å². The second-order valence-corrected chi connectivity index (χ2v) is 7.95. The van der Waals surface area contributed by atoms with Crippen LogP contribution >= 0.6 is 11.3 Å². The molecule has 0 fully saturated rings. The number of hydrogen-bond acceptors (Lipinski definition) is 6. The molecule has 0 saturated carbocycles. The number of aryl methyl sites for hydroxylation is 2. The van der Waals surface area contributed by atoms with Gasteiger partial charge in [-0.15, -0.1) is 21.5 Å². The van der Waals surface area contributed by atoms with E-state index >= 15 is 0 Å². The van der Waals surface area contributed by atoms with E-state index in [0.29, 0.717) is 23.5 Å². The van der Waals surface area contributed by atoms with E-state index in [2.05, 4.69) is 15.2 Å². The summed E-state index contributed by atoms with van der Waals surface area (Å²) in [5, 5.41) is 12.3. The Morgan fingerprint density at radius 2 is 1.87 bits per heavy atom. The molecule has 0 N–H and O–H groups in total. The smallest absolute Gasteiger partial charge is 0.262 e. The zero-order valence-corrected chi connectivity index (χ0v) is 17.4. The lowest BCUT2D eigenvalue weighted by Gasteiger charge is -2.10. The summed E-state index contributed by atoms with van der Waals surface area (Å²) in [5.41, 5.74) is 2.74. The van der Waals surface area contributed by atoms with Crippen LogP contribution in [0.2, 0.25) is 0 Å². The number of hydrogen-bond donors (Lipinski definition) is 0. The van der Waals surface area contributed by atoms with Gasteiger partial charge in [-0.05, 0) is 50.2 Å². The molecule has 0 aliphatic rings. The van der Waals surface area contributed by atoms with E-state index < -0.39 is 0 Å². The van der Waals surface area contributed by atoms with E-state index in [1.54, 1.807) is 15.9 Å². The first-order valence-electron chi connectivity index (χ1n) is 9.66. The Morgan fingerprint density at radius 1 is 1.07 bits per heavy atom. The van der Waals surface area contributed by atoms with Crippen molar-refractivity contribution in [3.05, 3.63) is 75.1 Å². The van der Waals surface area contributed by atoms with Gasteiger partial charge in [0.2, 0.25) is 5.78 Å². The minimum atomic E-state index is -0.0617. The molecule has 30 heavy (non-hydrogen) atoms. The number of aromatic nitrogens is 5. The molecule has 0 atom stereocenters. The van der Waals surface area contributed by atoms with Gasteiger partial charge in [0.25, 0.3) is 5.56 Å². The van der Waals surface area contributed by atoms with Crippen molar-refractivity contribution in [2.24, 2.45) is 0 Å². The van der Waals surface area contributed by atoms with Gasteiger partial charge in [-0.3, -0.25) is 13.8 Å². The summed E-state index contributed by atoms with van der Waals surface area (Å²) in [7, 11) is 0. The van der Waals surface area contributed by atoms with Crippen molar-refractivity contribution in [1.82, 2.24) is 24.1 Å². The van der Waals surface area contributed by atoms with E-state index in [1.807, 2.05) is 72.2 Å². The number of benzene rings is 2. The number of ether oxygens (including phenoxy) is 1. The van der Waals surface area contributed by atoms with E-state index in [4.69, 9.17) is 4.74 Å². The van der Waals surface area contributed by atoms with E-state index in [0.717, 1.165) is 27.5 Å². The molecule has 0 bridgehead atoms. The SMILES string of the molecule is CCn1c(=O)c2ccccc2n2c(COc3ccc(-c4csc(C)n4)cc3)nnc12. The molecule has 3 heterocycles. The highest BCUT2D eigenvalue weighted by Gasteiger charge is 2.16. The largest absolute Gasteiger partial charge is 0.486 e. The predicted octanol–water partition coefficient (Wildman–Crippen LogP) is 4.08. The predicted molar refractivity (Wildman–Crippen MR) is 117 cm³/mol. The molecule has 0 unspecified atom stereocenters. The van der Waals surface area contributed by atoms with Crippen molar-refractivity contribution >= 4 is 28.0 Å². The van der Waals surface area contributed by atoms with Gasteiger partial charge in [0, 0.05) is 17.5 Å². The van der Waals surface area contributed by atoms with E-state index in [1.165, 1.54) is 0 Å². The minimum absolute atomic E-state index is 0.0617. The maximum Gasteiger partial charge on any atom is 0.262 e. The van der Waals surface area contributed by atoms with Crippen LogP contribution in [-0.4, -0.2) is 24.1 Å². The standard InChI is InChI=1S/C22H19N5O2S/c1-3-26-21(28)17-6-4-5-7-19(17)27-20(24-25-22(26)27)12-29-16-10-8-15(9-11-16)18-13-30-14(2)23-18/h4-11,13H,3,12H2,1-2H3. The average Bonchev–Trinajstić information content (AvgIpc) is 3.40. The van der Waals surface area contributed by atoms with E-state index in [-0.39, 0.29) is 12.2 Å². The third-order valence-corrected chi connectivity index (χ3v) is 5.80. The van der Waals surface area contributed by atoms with Gasteiger partial charge in [-0.2, -0.15) is 0 Å². The quantitative estimate of drug-likeness (QED) is 0.431. The molecular formula is C22H19N5O2S. The first kappa shape index (κ1) is 18.5. The van der Waals surface area contributed by atoms with E-state index in [9.17, 15) is 4.79 Å². The van der Waals surface area contributed by atoms with Crippen LogP contribution in [0, 0.1) is 6.92 Å².